The summed E-state index contributed by atoms with van der Waals surface area (Å²) in [5, 5.41) is 24.4. The molecule has 0 aliphatic carbocycles. The summed E-state index contributed by atoms with van der Waals surface area (Å²) in [6, 6.07) is 6.91. The van der Waals surface area contributed by atoms with Crippen molar-refractivity contribution >= 4 is 34.6 Å². The highest BCUT2D eigenvalue weighted by Gasteiger charge is 2.07. The molecule has 4 nitrogen and oxygen atoms in total. The second-order valence-corrected chi connectivity index (χ2v) is 5.33. The predicted octanol–water partition coefficient (Wildman–Crippen LogP) is 4.40. The summed E-state index contributed by atoms with van der Waals surface area (Å²) in [6.45, 7) is 4.93. The molecule has 6 heteroatoms. The Hall–Kier alpha value is -1.88. The molecule has 0 saturated carbocycles. The monoisotopic (exact) mass is 308 g/mol. The van der Waals surface area contributed by atoms with E-state index in [-0.39, 0.29) is 5.57 Å². The Kier molecular flexibility index (Phi) is 6.18. The van der Waals surface area contributed by atoms with E-state index in [9.17, 15) is 0 Å². The highest BCUT2D eigenvalue weighted by molar-refractivity contribution is 6.42. The summed E-state index contributed by atoms with van der Waals surface area (Å²) in [5.41, 5.74) is 1.40. The minimum absolute atomic E-state index is 0.0223. The van der Waals surface area contributed by atoms with Crippen LogP contribution in [0.25, 0.3) is 0 Å². The van der Waals surface area contributed by atoms with Crippen molar-refractivity contribution in [3.8, 4) is 12.1 Å². The van der Waals surface area contributed by atoms with Crippen LogP contribution in [0, 0.1) is 28.6 Å². The molecule has 0 amide bonds. The molecule has 1 aromatic rings. The first-order chi connectivity index (χ1) is 9.47. The van der Waals surface area contributed by atoms with Gasteiger partial charge in [0.1, 0.15) is 17.7 Å². The first kappa shape index (κ1) is 16.2. The molecular weight excluding hydrogens is 295 g/mol. The van der Waals surface area contributed by atoms with E-state index in [1.54, 1.807) is 24.3 Å². The molecule has 0 bridgehead atoms. The van der Waals surface area contributed by atoms with Crippen molar-refractivity contribution in [3.05, 3.63) is 34.0 Å². The maximum Gasteiger partial charge on any atom is 0.145 e. The topological polar surface area (TPSA) is 71.6 Å². The van der Waals surface area contributed by atoms with Crippen molar-refractivity contribution in [2.24, 2.45) is 5.92 Å². The van der Waals surface area contributed by atoms with Gasteiger partial charge in [0.15, 0.2) is 0 Å². The zero-order chi connectivity index (χ0) is 15.1. The highest BCUT2D eigenvalue weighted by Crippen LogP contribution is 2.32. The smallest absolute Gasteiger partial charge is 0.145 e. The summed E-state index contributed by atoms with van der Waals surface area (Å²) in [6.07, 6.45) is 1.33. The average molecular weight is 309 g/mol. The minimum Gasteiger partial charge on any atom is -0.383 e. The van der Waals surface area contributed by atoms with Gasteiger partial charge < -0.3 is 10.6 Å². The average Bonchev–Trinajstić information content (AvgIpc) is 2.41. The molecule has 0 fully saturated rings. The Bertz CT molecular complexity index is 578. The number of nitriles is 2. The largest absolute Gasteiger partial charge is 0.383 e. The van der Waals surface area contributed by atoms with E-state index in [1.807, 2.05) is 0 Å². The number of rotatable bonds is 5. The number of nitrogens with zero attached hydrogens (tertiary/aromatic N) is 2. The van der Waals surface area contributed by atoms with Gasteiger partial charge in [-0.1, -0.05) is 37.0 Å². The van der Waals surface area contributed by atoms with Crippen LogP contribution in [-0.4, -0.2) is 6.54 Å². The van der Waals surface area contributed by atoms with Crippen molar-refractivity contribution in [1.82, 2.24) is 0 Å². The maximum atomic E-state index is 8.70. The lowest BCUT2D eigenvalue weighted by Crippen LogP contribution is -2.09. The van der Waals surface area contributed by atoms with Crippen molar-refractivity contribution in [1.29, 1.82) is 10.5 Å². The fourth-order valence-electron chi connectivity index (χ4n) is 1.37. The van der Waals surface area contributed by atoms with Gasteiger partial charge in [-0.05, 0) is 18.1 Å². The third-order valence-electron chi connectivity index (χ3n) is 2.37. The quantitative estimate of drug-likeness (QED) is 0.791. The molecule has 0 saturated heterocycles. The number of halogens is 2. The number of hydrogen-bond donors (Lipinski definition) is 2. The lowest BCUT2D eigenvalue weighted by molar-refractivity contribution is 0.689. The van der Waals surface area contributed by atoms with Gasteiger partial charge in [-0.15, -0.1) is 0 Å². The van der Waals surface area contributed by atoms with Crippen molar-refractivity contribution in [3.63, 3.8) is 0 Å². The van der Waals surface area contributed by atoms with Gasteiger partial charge in [0.2, 0.25) is 0 Å². The zero-order valence-corrected chi connectivity index (χ0v) is 12.7. The summed E-state index contributed by atoms with van der Waals surface area (Å²) in [4.78, 5) is 0. The predicted molar refractivity (Wildman–Crippen MR) is 82.7 cm³/mol. The second kappa shape index (κ2) is 7.65. The molecule has 2 N–H and O–H groups in total. The maximum absolute atomic E-state index is 8.70. The number of hydrogen-bond acceptors (Lipinski definition) is 4. The standard InChI is InChI=1S/C14H14Cl2N4/c1-9(2)7-19-13-3-11(15)12(16)4-14(13)20-8-10(5-17)6-18/h3-4,8-9,19-20H,7H2,1-2H3. The molecule has 0 aromatic heterocycles. The molecule has 0 atom stereocenters. The van der Waals surface area contributed by atoms with Gasteiger partial charge in [-0.25, -0.2) is 0 Å². The fraction of sp³-hybridized carbons (Fsp3) is 0.286. The van der Waals surface area contributed by atoms with Crippen LogP contribution in [0.3, 0.4) is 0 Å². The van der Waals surface area contributed by atoms with Crippen molar-refractivity contribution < 1.29 is 0 Å². The van der Waals surface area contributed by atoms with Crippen LogP contribution in [0.5, 0.6) is 0 Å². The Labute approximate surface area is 128 Å². The zero-order valence-electron chi connectivity index (χ0n) is 11.2. The van der Waals surface area contributed by atoms with Crippen molar-refractivity contribution in [2.75, 3.05) is 17.2 Å². The number of benzene rings is 1. The molecule has 0 heterocycles. The van der Waals surface area contributed by atoms with E-state index in [4.69, 9.17) is 33.7 Å². The lowest BCUT2D eigenvalue weighted by Gasteiger charge is -2.15. The van der Waals surface area contributed by atoms with E-state index in [0.717, 1.165) is 12.2 Å². The molecule has 0 aliphatic heterocycles. The van der Waals surface area contributed by atoms with Gasteiger partial charge in [0, 0.05) is 12.7 Å². The number of anilines is 2. The summed E-state index contributed by atoms with van der Waals surface area (Å²) < 4.78 is 0. The van der Waals surface area contributed by atoms with Gasteiger partial charge >= 0.3 is 0 Å². The normalized spacial score (nSPS) is 9.55. The SMILES string of the molecule is CC(C)CNc1cc(Cl)c(Cl)cc1NC=C(C#N)C#N. The molecule has 1 rings (SSSR count). The van der Waals surface area contributed by atoms with Gasteiger partial charge in [0.05, 0.1) is 21.4 Å². The minimum atomic E-state index is -0.0223. The Balaban J connectivity index is 3.04. The molecule has 104 valence electrons. The van der Waals surface area contributed by atoms with Gasteiger partial charge in [-0.3, -0.25) is 0 Å². The molecular formula is C14H14Cl2N4. The summed E-state index contributed by atoms with van der Waals surface area (Å²) in [5.74, 6) is 0.460. The van der Waals surface area contributed by atoms with E-state index in [2.05, 4.69) is 24.5 Å². The fourth-order valence-corrected chi connectivity index (χ4v) is 1.69. The summed E-state index contributed by atoms with van der Waals surface area (Å²) in [7, 11) is 0. The number of nitrogens with one attached hydrogen (secondary N) is 2. The van der Waals surface area contributed by atoms with E-state index < -0.39 is 0 Å². The van der Waals surface area contributed by atoms with Crippen LogP contribution in [0.1, 0.15) is 13.8 Å². The number of allylic oxidation sites excluding steroid dienone is 1. The van der Waals surface area contributed by atoms with Gasteiger partial charge in [0.25, 0.3) is 0 Å². The van der Waals surface area contributed by atoms with Crippen LogP contribution in [0.2, 0.25) is 10.0 Å². The molecule has 0 spiro atoms. The van der Waals surface area contributed by atoms with E-state index in [0.29, 0.717) is 21.7 Å². The molecule has 0 radical (unpaired) electrons. The molecule has 0 aliphatic rings. The Morgan fingerprint density at radius 1 is 1.20 bits per heavy atom. The Morgan fingerprint density at radius 3 is 2.25 bits per heavy atom. The van der Waals surface area contributed by atoms with E-state index >= 15 is 0 Å². The van der Waals surface area contributed by atoms with Crippen LogP contribution >= 0.6 is 23.2 Å². The highest BCUT2D eigenvalue weighted by atomic mass is 35.5. The third kappa shape index (κ3) is 4.66. The third-order valence-corrected chi connectivity index (χ3v) is 3.10. The van der Waals surface area contributed by atoms with Crippen LogP contribution < -0.4 is 10.6 Å². The molecule has 0 unspecified atom stereocenters. The van der Waals surface area contributed by atoms with Crippen molar-refractivity contribution in [2.45, 2.75) is 13.8 Å². The first-order valence-electron chi connectivity index (χ1n) is 5.97. The Morgan fingerprint density at radius 2 is 1.75 bits per heavy atom. The summed E-state index contributed by atoms with van der Waals surface area (Å²) >= 11 is 12.0. The van der Waals surface area contributed by atoms with Crippen LogP contribution in [0.15, 0.2) is 23.9 Å². The van der Waals surface area contributed by atoms with E-state index in [1.165, 1.54) is 6.20 Å². The van der Waals surface area contributed by atoms with Crippen LogP contribution in [-0.2, 0) is 0 Å². The van der Waals surface area contributed by atoms with Gasteiger partial charge in [-0.2, -0.15) is 10.5 Å². The molecule has 1 aromatic carbocycles. The lowest BCUT2D eigenvalue weighted by atomic mass is 10.2. The second-order valence-electron chi connectivity index (χ2n) is 4.51. The first-order valence-corrected chi connectivity index (χ1v) is 6.73. The van der Waals surface area contributed by atoms with Crippen LogP contribution in [0.4, 0.5) is 11.4 Å². The molecule has 20 heavy (non-hydrogen) atoms.